The molecule has 124 valence electrons. The second-order valence-corrected chi connectivity index (χ2v) is 6.97. The van der Waals surface area contributed by atoms with Crippen LogP contribution in [0.15, 0.2) is 54.6 Å². The van der Waals surface area contributed by atoms with E-state index >= 15 is 0 Å². The van der Waals surface area contributed by atoms with Crippen LogP contribution < -0.4 is 4.90 Å². The monoisotopic (exact) mass is 341 g/mol. The lowest BCUT2D eigenvalue weighted by atomic mass is 9.92. The van der Waals surface area contributed by atoms with Crippen LogP contribution >= 0.6 is 11.6 Å². The Morgan fingerprint density at radius 2 is 1.88 bits per heavy atom. The molecule has 0 saturated carbocycles. The lowest BCUT2D eigenvalue weighted by Gasteiger charge is -2.31. The molecule has 0 spiro atoms. The third kappa shape index (κ3) is 2.19. The Morgan fingerprint density at radius 3 is 2.54 bits per heavy atom. The summed E-state index contributed by atoms with van der Waals surface area (Å²) in [7, 11) is 0. The number of rotatable bonds is 3. The van der Waals surface area contributed by atoms with Crippen molar-refractivity contribution in [2.75, 3.05) is 11.4 Å². The van der Waals surface area contributed by atoms with Crippen LogP contribution in [-0.4, -0.2) is 28.1 Å². The molecule has 2 atom stereocenters. The average Bonchev–Trinajstić information content (AvgIpc) is 3.17. The number of hydrogen-bond donors (Lipinski definition) is 1. The van der Waals surface area contributed by atoms with Crippen LogP contribution in [0.2, 0.25) is 5.02 Å². The zero-order valence-electron chi connectivity index (χ0n) is 13.8. The Labute approximate surface area is 147 Å². The van der Waals surface area contributed by atoms with E-state index in [2.05, 4.69) is 40.7 Å². The Balaban J connectivity index is 1.87. The zero-order chi connectivity index (χ0) is 16.7. The van der Waals surface area contributed by atoms with Crippen LogP contribution in [0, 0.1) is 0 Å². The highest BCUT2D eigenvalue weighted by molar-refractivity contribution is 6.30. The number of aliphatic hydroxyl groups is 1. The fraction of sp³-hybridized carbons (Fsp3) is 0.350. The number of amidine groups is 1. The topological polar surface area (TPSA) is 26.5 Å². The van der Waals surface area contributed by atoms with E-state index in [-0.39, 0.29) is 6.04 Å². The molecule has 4 rings (SSSR count). The highest BCUT2D eigenvalue weighted by Gasteiger charge is 2.60. The third-order valence-electron chi connectivity index (χ3n) is 5.25. The van der Waals surface area contributed by atoms with Gasteiger partial charge < -0.3 is 5.11 Å². The van der Waals surface area contributed by atoms with Gasteiger partial charge in [0.05, 0.1) is 13.0 Å². The van der Waals surface area contributed by atoms with E-state index < -0.39 is 5.72 Å². The molecule has 2 aliphatic heterocycles. The highest BCUT2D eigenvalue weighted by Crippen LogP contribution is 2.42. The van der Waals surface area contributed by atoms with E-state index in [1.165, 1.54) is 5.84 Å². The predicted molar refractivity (Wildman–Crippen MR) is 97.7 cm³/mol. The van der Waals surface area contributed by atoms with Crippen molar-refractivity contribution in [3.8, 4) is 0 Å². The SMILES string of the molecule is CC[C@H]1N(c2ccccc2)C2=[N+](CCC2)[C@]1(O)c1ccc(Cl)cc1. The van der Waals surface area contributed by atoms with Crippen molar-refractivity contribution in [1.29, 1.82) is 0 Å². The average molecular weight is 342 g/mol. The van der Waals surface area contributed by atoms with Crippen LogP contribution in [0.1, 0.15) is 31.7 Å². The maximum absolute atomic E-state index is 11.8. The molecule has 0 amide bonds. The first-order chi connectivity index (χ1) is 11.7. The zero-order valence-corrected chi connectivity index (χ0v) is 14.6. The van der Waals surface area contributed by atoms with Gasteiger partial charge in [-0.1, -0.05) is 48.9 Å². The van der Waals surface area contributed by atoms with Crippen molar-refractivity contribution in [1.82, 2.24) is 0 Å². The summed E-state index contributed by atoms with van der Waals surface area (Å²) in [5.41, 5.74) is 1.05. The number of halogens is 1. The first kappa shape index (κ1) is 15.7. The Hall–Kier alpha value is -1.84. The second-order valence-electron chi connectivity index (χ2n) is 6.53. The van der Waals surface area contributed by atoms with Gasteiger partial charge in [0.1, 0.15) is 5.69 Å². The summed E-state index contributed by atoms with van der Waals surface area (Å²) >= 11 is 6.06. The van der Waals surface area contributed by atoms with Crippen LogP contribution in [0.3, 0.4) is 0 Å². The maximum atomic E-state index is 11.8. The summed E-state index contributed by atoms with van der Waals surface area (Å²) < 4.78 is 2.19. The number of hydrogen-bond acceptors (Lipinski definition) is 2. The van der Waals surface area contributed by atoms with Gasteiger partial charge in [0.2, 0.25) is 0 Å². The molecule has 2 heterocycles. The predicted octanol–water partition coefficient (Wildman–Crippen LogP) is 3.99. The van der Waals surface area contributed by atoms with E-state index in [0.29, 0.717) is 5.02 Å². The van der Waals surface area contributed by atoms with Crippen LogP contribution in [0.4, 0.5) is 5.69 Å². The van der Waals surface area contributed by atoms with Gasteiger partial charge in [-0.15, -0.1) is 0 Å². The molecule has 3 nitrogen and oxygen atoms in total. The largest absolute Gasteiger partial charge is 0.346 e. The van der Waals surface area contributed by atoms with Crippen molar-refractivity contribution in [3.63, 3.8) is 0 Å². The lowest BCUT2D eigenvalue weighted by Crippen LogP contribution is -2.49. The number of benzene rings is 2. The molecular formula is C20H22ClN2O+. The Bertz CT molecular complexity index is 772. The minimum Gasteiger partial charge on any atom is -0.346 e. The lowest BCUT2D eigenvalue weighted by molar-refractivity contribution is -0.658. The van der Waals surface area contributed by atoms with Crippen molar-refractivity contribution < 1.29 is 9.68 Å². The quantitative estimate of drug-likeness (QED) is 0.854. The van der Waals surface area contributed by atoms with Gasteiger partial charge in [-0.3, -0.25) is 0 Å². The molecule has 0 saturated heterocycles. The first-order valence-corrected chi connectivity index (χ1v) is 9.00. The van der Waals surface area contributed by atoms with Crippen molar-refractivity contribution in [2.24, 2.45) is 0 Å². The first-order valence-electron chi connectivity index (χ1n) is 8.62. The Kier molecular flexibility index (Phi) is 3.86. The van der Waals surface area contributed by atoms with Gasteiger partial charge in [-0.25, -0.2) is 9.48 Å². The summed E-state index contributed by atoms with van der Waals surface area (Å²) in [4.78, 5) is 2.33. The summed E-state index contributed by atoms with van der Waals surface area (Å²) in [6.07, 6.45) is 2.93. The molecule has 2 aromatic rings. The Morgan fingerprint density at radius 1 is 1.17 bits per heavy atom. The van der Waals surface area contributed by atoms with Gasteiger partial charge in [0.25, 0.3) is 11.6 Å². The van der Waals surface area contributed by atoms with Crippen LogP contribution in [0.5, 0.6) is 0 Å². The molecule has 2 aromatic carbocycles. The van der Waals surface area contributed by atoms with Gasteiger partial charge in [0, 0.05) is 10.6 Å². The molecule has 0 radical (unpaired) electrons. The number of anilines is 1. The van der Waals surface area contributed by atoms with Gasteiger partial charge in [0.15, 0.2) is 6.04 Å². The van der Waals surface area contributed by atoms with Gasteiger partial charge in [-0.05, 0) is 37.1 Å². The molecule has 0 bridgehead atoms. The minimum atomic E-state index is -1.01. The molecule has 4 heteroatoms. The summed E-state index contributed by atoms with van der Waals surface area (Å²) in [5.74, 6) is 1.23. The summed E-state index contributed by atoms with van der Waals surface area (Å²) in [6, 6.07) is 18.0. The molecule has 1 N–H and O–H groups in total. The van der Waals surface area contributed by atoms with Crippen molar-refractivity contribution in [3.05, 3.63) is 65.2 Å². The van der Waals surface area contributed by atoms with Gasteiger partial charge in [-0.2, -0.15) is 0 Å². The summed E-state index contributed by atoms with van der Waals surface area (Å²) in [6.45, 7) is 3.03. The second kappa shape index (κ2) is 5.91. The fourth-order valence-electron chi connectivity index (χ4n) is 4.24. The van der Waals surface area contributed by atoms with Gasteiger partial charge >= 0.3 is 0 Å². The van der Waals surface area contributed by atoms with E-state index in [0.717, 1.165) is 37.1 Å². The minimum absolute atomic E-state index is 0.0172. The van der Waals surface area contributed by atoms with E-state index in [1.54, 1.807) is 0 Å². The van der Waals surface area contributed by atoms with Crippen LogP contribution in [-0.2, 0) is 5.72 Å². The normalized spacial score (nSPS) is 26.1. The molecular weight excluding hydrogens is 320 g/mol. The smallest absolute Gasteiger partial charge is 0.273 e. The van der Waals surface area contributed by atoms with Crippen LogP contribution in [0.25, 0.3) is 0 Å². The van der Waals surface area contributed by atoms with E-state index in [9.17, 15) is 5.11 Å². The van der Waals surface area contributed by atoms with Crippen molar-refractivity contribution >= 4 is 23.1 Å². The number of para-hydroxylation sites is 1. The fourth-order valence-corrected chi connectivity index (χ4v) is 4.37. The van der Waals surface area contributed by atoms with E-state index in [1.807, 2.05) is 30.3 Å². The maximum Gasteiger partial charge on any atom is 0.273 e. The third-order valence-corrected chi connectivity index (χ3v) is 5.50. The number of nitrogens with zero attached hydrogens (tertiary/aromatic N) is 2. The molecule has 0 fully saturated rings. The molecule has 0 unspecified atom stereocenters. The highest BCUT2D eigenvalue weighted by atomic mass is 35.5. The molecule has 0 aliphatic carbocycles. The summed E-state index contributed by atoms with van der Waals surface area (Å²) in [5, 5.41) is 12.5. The van der Waals surface area contributed by atoms with E-state index in [4.69, 9.17) is 11.6 Å². The standard InChI is InChI=1S/C20H22ClN2O/c1-2-18-20(24,15-10-12-16(21)13-11-15)22-14-6-9-19(22)23(18)17-7-4-3-5-8-17/h3-5,7-8,10-13,18,24H,2,6,9,14H2,1H3/q+1/t18-,20+/m1/s1. The molecule has 24 heavy (non-hydrogen) atoms. The molecule has 0 aromatic heterocycles. The molecule has 2 aliphatic rings. The van der Waals surface area contributed by atoms with Crippen molar-refractivity contribution in [2.45, 2.75) is 38.0 Å².